The first kappa shape index (κ1) is 19.6. The van der Waals surface area contributed by atoms with Crippen LogP contribution >= 0.6 is 0 Å². The van der Waals surface area contributed by atoms with E-state index in [1.807, 2.05) is 54.6 Å². The van der Waals surface area contributed by atoms with Gasteiger partial charge in [0.15, 0.2) is 5.65 Å². The van der Waals surface area contributed by atoms with Crippen LogP contribution in [0.25, 0.3) is 22.2 Å². The molecule has 0 bridgehead atoms. The summed E-state index contributed by atoms with van der Waals surface area (Å²) in [6.07, 6.45) is 6.12. The van der Waals surface area contributed by atoms with E-state index in [9.17, 15) is 8.42 Å². The second-order valence-corrected chi connectivity index (χ2v) is 9.78. The third kappa shape index (κ3) is 3.53. The smallest absolute Gasteiger partial charge is 0.243 e. The van der Waals surface area contributed by atoms with E-state index >= 15 is 0 Å². The van der Waals surface area contributed by atoms with Gasteiger partial charge in [-0.25, -0.2) is 22.4 Å². The van der Waals surface area contributed by atoms with E-state index in [4.69, 9.17) is 10.5 Å². The number of aromatic nitrogens is 3. The van der Waals surface area contributed by atoms with Crippen LogP contribution in [-0.4, -0.2) is 27.6 Å². The van der Waals surface area contributed by atoms with Crippen molar-refractivity contribution in [2.75, 3.05) is 5.73 Å². The van der Waals surface area contributed by atoms with Crippen molar-refractivity contribution in [3.05, 3.63) is 67.1 Å². The number of ether oxygens (including phenoxy) is 1. The van der Waals surface area contributed by atoms with Gasteiger partial charge in [0.2, 0.25) is 10.0 Å². The van der Waals surface area contributed by atoms with Crippen LogP contribution in [-0.2, 0) is 10.0 Å². The van der Waals surface area contributed by atoms with Crippen LogP contribution in [0, 0.1) is 0 Å². The Morgan fingerprint density at radius 3 is 2.32 bits per heavy atom. The van der Waals surface area contributed by atoms with Crippen molar-refractivity contribution in [1.82, 2.24) is 13.9 Å². The lowest BCUT2D eigenvalue weighted by molar-refractivity contribution is 0.483. The molecule has 5 rings (SSSR count). The molecular weight excluding hydrogens is 412 g/mol. The van der Waals surface area contributed by atoms with Crippen LogP contribution in [0.15, 0.2) is 67.1 Å². The number of rotatable bonds is 5. The first-order valence-electron chi connectivity index (χ1n) is 10.2. The van der Waals surface area contributed by atoms with Gasteiger partial charge in [-0.2, -0.15) is 0 Å². The van der Waals surface area contributed by atoms with E-state index in [1.54, 1.807) is 6.20 Å². The summed E-state index contributed by atoms with van der Waals surface area (Å²) in [5.41, 5.74) is 7.96. The molecule has 0 saturated heterocycles. The predicted octanol–water partition coefficient (Wildman–Crippen LogP) is 4.59. The van der Waals surface area contributed by atoms with Gasteiger partial charge in [-0.05, 0) is 42.7 Å². The van der Waals surface area contributed by atoms with E-state index in [2.05, 4.69) is 9.97 Å². The molecule has 4 aromatic rings. The molecule has 0 unspecified atom stereocenters. The van der Waals surface area contributed by atoms with Gasteiger partial charge in [0.05, 0.1) is 10.6 Å². The van der Waals surface area contributed by atoms with Gasteiger partial charge in [-0.3, -0.25) is 0 Å². The molecule has 8 heteroatoms. The van der Waals surface area contributed by atoms with Gasteiger partial charge in [0.1, 0.15) is 23.6 Å². The Labute approximate surface area is 180 Å². The van der Waals surface area contributed by atoms with Gasteiger partial charge in [-0.1, -0.05) is 43.2 Å². The Bertz CT molecular complexity index is 1330. The lowest BCUT2D eigenvalue weighted by Crippen LogP contribution is -2.24. The van der Waals surface area contributed by atoms with Crippen molar-refractivity contribution in [3.8, 4) is 22.6 Å². The average Bonchev–Trinajstić information content (AvgIpc) is 3.45. The maximum Gasteiger partial charge on any atom is 0.243 e. The normalized spacial score (nSPS) is 14.8. The summed E-state index contributed by atoms with van der Waals surface area (Å²) in [7, 11) is -3.57. The number of hydrogen-bond donors (Lipinski definition) is 1. The van der Waals surface area contributed by atoms with Gasteiger partial charge in [-0.15, -0.1) is 0 Å². The molecule has 2 aromatic heterocycles. The molecule has 7 nitrogen and oxygen atoms in total. The summed E-state index contributed by atoms with van der Waals surface area (Å²) in [5.74, 6) is 1.68. The second kappa shape index (κ2) is 7.70. The summed E-state index contributed by atoms with van der Waals surface area (Å²) in [6.45, 7) is 0. The van der Waals surface area contributed by atoms with Gasteiger partial charge < -0.3 is 10.5 Å². The molecule has 0 spiro atoms. The van der Waals surface area contributed by atoms with Crippen molar-refractivity contribution in [2.24, 2.45) is 0 Å². The third-order valence-electron chi connectivity index (χ3n) is 5.72. The second-order valence-electron chi connectivity index (χ2n) is 7.69. The highest BCUT2D eigenvalue weighted by Gasteiger charge is 2.32. The van der Waals surface area contributed by atoms with Crippen LogP contribution < -0.4 is 10.5 Å². The molecule has 31 heavy (non-hydrogen) atoms. The third-order valence-corrected chi connectivity index (χ3v) is 7.86. The highest BCUT2D eigenvalue weighted by molar-refractivity contribution is 7.90. The van der Waals surface area contributed by atoms with E-state index in [1.165, 1.54) is 10.3 Å². The molecule has 2 N–H and O–H groups in total. The quantitative estimate of drug-likeness (QED) is 0.493. The summed E-state index contributed by atoms with van der Waals surface area (Å²) in [5, 5.41) is 0.148. The molecule has 158 valence electrons. The molecule has 1 aliphatic rings. The first-order chi connectivity index (χ1) is 15.0. The number of nitrogens with two attached hydrogens (primary N) is 1. The highest BCUT2D eigenvalue weighted by Crippen LogP contribution is 2.36. The number of nitrogens with zero attached hydrogens (tertiary/aromatic N) is 3. The number of nitrogen functional groups attached to an aromatic ring is 1. The van der Waals surface area contributed by atoms with Crippen LogP contribution in [0.3, 0.4) is 0 Å². The topological polar surface area (TPSA) is 100 Å². The maximum absolute atomic E-state index is 13.3. The largest absolute Gasteiger partial charge is 0.457 e. The average molecular weight is 435 g/mol. The zero-order chi connectivity index (χ0) is 21.4. The first-order valence-corrected chi connectivity index (χ1v) is 11.7. The van der Waals surface area contributed by atoms with Crippen LogP contribution in [0.5, 0.6) is 11.5 Å². The summed E-state index contributed by atoms with van der Waals surface area (Å²) >= 11 is 0. The Morgan fingerprint density at radius 2 is 1.61 bits per heavy atom. The van der Waals surface area contributed by atoms with Crippen LogP contribution in [0.4, 0.5) is 5.82 Å². The molecule has 1 aliphatic carbocycles. The number of benzene rings is 2. The lowest BCUT2D eigenvalue weighted by atomic mass is 10.1. The Kier molecular flexibility index (Phi) is 4.86. The summed E-state index contributed by atoms with van der Waals surface area (Å²) in [4.78, 5) is 8.36. The number of para-hydroxylation sites is 1. The van der Waals surface area contributed by atoms with Crippen molar-refractivity contribution in [3.63, 3.8) is 0 Å². The van der Waals surface area contributed by atoms with E-state index in [0.29, 0.717) is 35.2 Å². The Balaban J connectivity index is 1.57. The fourth-order valence-electron chi connectivity index (χ4n) is 4.14. The lowest BCUT2D eigenvalue weighted by Gasteiger charge is -2.12. The molecule has 1 saturated carbocycles. The van der Waals surface area contributed by atoms with Crippen molar-refractivity contribution in [2.45, 2.75) is 30.9 Å². The zero-order valence-corrected chi connectivity index (χ0v) is 17.6. The molecule has 0 aliphatic heterocycles. The summed E-state index contributed by atoms with van der Waals surface area (Å²) < 4.78 is 33.8. The monoisotopic (exact) mass is 434 g/mol. The maximum atomic E-state index is 13.3. The number of hydrogen-bond acceptors (Lipinski definition) is 6. The number of fused-ring (bicyclic) bond motifs is 1. The minimum Gasteiger partial charge on any atom is -0.457 e. The van der Waals surface area contributed by atoms with Gasteiger partial charge in [0.25, 0.3) is 0 Å². The minimum atomic E-state index is -3.57. The Hall–Kier alpha value is -3.39. The molecule has 0 atom stereocenters. The molecule has 2 heterocycles. The highest BCUT2D eigenvalue weighted by atomic mass is 32.2. The molecule has 0 radical (unpaired) electrons. The Morgan fingerprint density at radius 1 is 0.935 bits per heavy atom. The van der Waals surface area contributed by atoms with E-state index < -0.39 is 15.3 Å². The zero-order valence-electron chi connectivity index (χ0n) is 16.8. The molecule has 1 fully saturated rings. The fourth-order valence-corrected chi connectivity index (χ4v) is 6.03. The van der Waals surface area contributed by atoms with Crippen LogP contribution in [0.1, 0.15) is 25.7 Å². The van der Waals surface area contributed by atoms with E-state index in [0.717, 1.165) is 24.2 Å². The molecule has 2 aromatic carbocycles. The van der Waals surface area contributed by atoms with Crippen molar-refractivity contribution < 1.29 is 13.2 Å². The number of anilines is 1. The van der Waals surface area contributed by atoms with Gasteiger partial charge >= 0.3 is 0 Å². The predicted molar refractivity (Wildman–Crippen MR) is 120 cm³/mol. The SMILES string of the molecule is Nc1ncnc2c1c(-c1ccc(Oc3ccccc3)cc1)cn2S(=O)(=O)C1CCCC1. The standard InChI is InChI=1S/C23H22N4O3S/c24-22-21-20(16-10-12-18(13-11-16)30-17-6-2-1-3-7-17)14-27(23(21)26-15-25-22)31(28,29)19-8-4-5-9-19/h1-3,6-7,10-15,19H,4-5,8-9H2,(H2,24,25,26). The van der Waals surface area contributed by atoms with Gasteiger partial charge in [0, 0.05) is 11.8 Å². The van der Waals surface area contributed by atoms with Crippen molar-refractivity contribution >= 4 is 26.9 Å². The molecule has 0 amide bonds. The van der Waals surface area contributed by atoms with E-state index in [-0.39, 0.29) is 5.82 Å². The summed E-state index contributed by atoms with van der Waals surface area (Å²) in [6, 6.07) is 17.0. The molecular formula is C23H22N4O3S. The van der Waals surface area contributed by atoms with Crippen molar-refractivity contribution in [1.29, 1.82) is 0 Å². The fraction of sp³-hybridized carbons (Fsp3) is 0.217. The van der Waals surface area contributed by atoms with Crippen LogP contribution in [0.2, 0.25) is 0 Å². The minimum absolute atomic E-state index is 0.255.